The SMILES string of the molecule is CC(C)N1CCC(CNc2cccc([N+](=O)[O-])c2)C1. The number of nitro benzene ring substituents is 1. The van der Waals surface area contributed by atoms with Gasteiger partial charge in [0, 0.05) is 37.0 Å². The summed E-state index contributed by atoms with van der Waals surface area (Å²) in [5.74, 6) is 0.627. The number of likely N-dealkylation sites (tertiary alicyclic amines) is 1. The summed E-state index contributed by atoms with van der Waals surface area (Å²) in [6.45, 7) is 7.58. The van der Waals surface area contributed by atoms with Crippen molar-refractivity contribution in [2.24, 2.45) is 5.92 Å². The van der Waals surface area contributed by atoms with E-state index < -0.39 is 0 Å². The number of hydrogen-bond donors (Lipinski definition) is 1. The van der Waals surface area contributed by atoms with E-state index in [4.69, 9.17) is 0 Å². The van der Waals surface area contributed by atoms with Crippen LogP contribution in [0, 0.1) is 16.0 Å². The van der Waals surface area contributed by atoms with Crippen molar-refractivity contribution in [3.8, 4) is 0 Å². The largest absolute Gasteiger partial charge is 0.385 e. The lowest BCUT2D eigenvalue weighted by atomic mass is 10.1. The number of nitro groups is 1. The molecule has 0 aromatic heterocycles. The molecule has 0 radical (unpaired) electrons. The van der Waals surface area contributed by atoms with Crippen LogP contribution in [0.15, 0.2) is 24.3 Å². The summed E-state index contributed by atoms with van der Waals surface area (Å²) >= 11 is 0. The van der Waals surface area contributed by atoms with Gasteiger partial charge in [0.05, 0.1) is 4.92 Å². The van der Waals surface area contributed by atoms with Crippen LogP contribution in [0.25, 0.3) is 0 Å². The van der Waals surface area contributed by atoms with Crippen molar-refractivity contribution in [3.05, 3.63) is 34.4 Å². The Bertz CT molecular complexity index is 448. The summed E-state index contributed by atoms with van der Waals surface area (Å²) in [5.41, 5.74) is 0.970. The number of non-ortho nitro benzene ring substituents is 1. The molecule has 104 valence electrons. The van der Waals surface area contributed by atoms with Crippen molar-refractivity contribution in [2.45, 2.75) is 26.3 Å². The summed E-state index contributed by atoms with van der Waals surface area (Å²) in [4.78, 5) is 12.8. The molecular formula is C14H21N3O2. The lowest BCUT2D eigenvalue weighted by Gasteiger charge is -2.20. The molecule has 1 unspecified atom stereocenters. The van der Waals surface area contributed by atoms with E-state index in [-0.39, 0.29) is 10.6 Å². The average molecular weight is 263 g/mol. The van der Waals surface area contributed by atoms with E-state index in [0.717, 1.165) is 25.3 Å². The maximum Gasteiger partial charge on any atom is 0.271 e. The maximum absolute atomic E-state index is 10.7. The zero-order valence-electron chi connectivity index (χ0n) is 11.5. The predicted octanol–water partition coefficient (Wildman–Crippen LogP) is 2.74. The van der Waals surface area contributed by atoms with E-state index in [1.807, 2.05) is 6.07 Å². The molecule has 1 aromatic carbocycles. The normalized spacial score (nSPS) is 19.8. The van der Waals surface area contributed by atoms with E-state index >= 15 is 0 Å². The monoisotopic (exact) mass is 263 g/mol. The number of rotatable bonds is 5. The van der Waals surface area contributed by atoms with Gasteiger partial charge in [-0.05, 0) is 38.8 Å². The Morgan fingerprint density at radius 2 is 2.32 bits per heavy atom. The number of anilines is 1. The quantitative estimate of drug-likeness (QED) is 0.655. The van der Waals surface area contributed by atoms with Gasteiger partial charge < -0.3 is 10.2 Å². The molecule has 1 aliphatic heterocycles. The fourth-order valence-corrected chi connectivity index (χ4v) is 2.49. The predicted molar refractivity (Wildman–Crippen MR) is 76.4 cm³/mol. The molecule has 0 aliphatic carbocycles. The topological polar surface area (TPSA) is 58.4 Å². The molecule has 1 aliphatic rings. The zero-order chi connectivity index (χ0) is 13.8. The molecule has 19 heavy (non-hydrogen) atoms. The standard InChI is InChI=1S/C14H21N3O2/c1-11(2)16-7-6-12(10-16)9-15-13-4-3-5-14(8-13)17(18)19/h3-5,8,11-12,15H,6-7,9-10H2,1-2H3. The number of nitrogens with zero attached hydrogens (tertiary/aromatic N) is 2. The molecule has 1 saturated heterocycles. The van der Waals surface area contributed by atoms with Crippen molar-refractivity contribution >= 4 is 11.4 Å². The molecule has 1 fully saturated rings. The van der Waals surface area contributed by atoms with Crippen molar-refractivity contribution in [1.29, 1.82) is 0 Å². The second kappa shape index (κ2) is 6.02. The minimum Gasteiger partial charge on any atom is -0.385 e. The third kappa shape index (κ3) is 3.67. The molecule has 1 aromatic rings. The number of benzene rings is 1. The van der Waals surface area contributed by atoms with Crippen LogP contribution in [-0.2, 0) is 0 Å². The zero-order valence-corrected chi connectivity index (χ0v) is 11.5. The minimum absolute atomic E-state index is 0.139. The van der Waals surface area contributed by atoms with Gasteiger partial charge in [0.25, 0.3) is 5.69 Å². The first-order chi connectivity index (χ1) is 9.06. The van der Waals surface area contributed by atoms with Crippen LogP contribution in [0.1, 0.15) is 20.3 Å². The highest BCUT2D eigenvalue weighted by Gasteiger charge is 2.23. The van der Waals surface area contributed by atoms with Gasteiger partial charge in [0.1, 0.15) is 0 Å². The fraction of sp³-hybridized carbons (Fsp3) is 0.571. The van der Waals surface area contributed by atoms with Crippen LogP contribution in [0.2, 0.25) is 0 Å². The Kier molecular flexibility index (Phi) is 4.37. The molecular weight excluding hydrogens is 242 g/mol. The lowest BCUT2D eigenvalue weighted by molar-refractivity contribution is -0.384. The fourth-order valence-electron chi connectivity index (χ4n) is 2.49. The highest BCUT2D eigenvalue weighted by atomic mass is 16.6. The van der Waals surface area contributed by atoms with Gasteiger partial charge >= 0.3 is 0 Å². The second-order valence-corrected chi connectivity index (χ2v) is 5.43. The van der Waals surface area contributed by atoms with Crippen LogP contribution < -0.4 is 5.32 Å². The van der Waals surface area contributed by atoms with E-state index in [1.165, 1.54) is 12.5 Å². The van der Waals surface area contributed by atoms with Crippen molar-refractivity contribution < 1.29 is 4.92 Å². The summed E-state index contributed by atoms with van der Waals surface area (Å²) < 4.78 is 0. The van der Waals surface area contributed by atoms with Gasteiger partial charge in [-0.2, -0.15) is 0 Å². The highest BCUT2D eigenvalue weighted by molar-refractivity contribution is 5.50. The number of nitrogens with one attached hydrogen (secondary N) is 1. The Balaban J connectivity index is 1.86. The lowest BCUT2D eigenvalue weighted by Crippen LogP contribution is -2.29. The van der Waals surface area contributed by atoms with E-state index in [2.05, 4.69) is 24.1 Å². The van der Waals surface area contributed by atoms with Gasteiger partial charge in [-0.15, -0.1) is 0 Å². The molecule has 0 spiro atoms. The summed E-state index contributed by atoms with van der Waals surface area (Å²) in [6, 6.07) is 7.30. The molecule has 0 saturated carbocycles. The third-order valence-electron chi connectivity index (χ3n) is 3.70. The van der Waals surface area contributed by atoms with Crippen LogP contribution in [0.3, 0.4) is 0 Å². The van der Waals surface area contributed by atoms with E-state index in [0.29, 0.717) is 12.0 Å². The molecule has 2 rings (SSSR count). The first-order valence-electron chi connectivity index (χ1n) is 6.78. The molecule has 0 bridgehead atoms. The molecule has 1 heterocycles. The molecule has 0 amide bonds. The molecule has 5 nitrogen and oxygen atoms in total. The van der Waals surface area contributed by atoms with E-state index in [9.17, 15) is 10.1 Å². The van der Waals surface area contributed by atoms with Crippen LogP contribution in [0.4, 0.5) is 11.4 Å². The van der Waals surface area contributed by atoms with Crippen LogP contribution in [0.5, 0.6) is 0 Å². The van der Waals surface area contributed by atoms with Gasteiger partial charge in [-0.25, -0.2) is 0 Å². The van der Waals surface area contributed by atoms with Crippen LogP contribution in [-0.4, -0.2) is 35.5 Å². The van der Waals surface area contributed by atoms with Crippen molar-refractivity contribution in [1.82, 2.24) is 4.90 Å². The Morgan fingerprint density at radius 1 is 1.53 bits per heavy atom. The molecule has 5 heteroatoms. The Hall–Kier alpha value is -1.62. The molecule has 1 N–H and O–H groups in total. The summed E-state index contributed by atoms with van der Waals surface area (Å²) in [5, 5.41) is 14.0. The van der Waals surface area contributed by atoms with Crippen molar-refractivity contribution in [2.75, 3.05) is 25.0 Å². The summed E-state index contributed by atoms with van der Waals surface area (Å²) in [7, 11) is 0. The second-order valence-electron chi connectivity index (χ2n) is 5.43. The molecule has 1 atom stereocenters. The van der Waals surface area contributed by atoms with Crippen molar-refractivity contribution in [3.63, 3.8) is 0 Å². The minimum atomic E-state index is -0.360. The summed E-state index contributed by atoms with van der Waals surface area (Å²) in [6.07, 6.45) is 1.19. The average Bonchev–Trinajstić information content (AvgIpc) is 2.85. The maximum atomic E-state index is 10.7. The van der Waals surface area contributed by atoms with Gasteiger partial charge in [0.2, 0.25) is 0 Å². The van der Waals surface area contributed by atoms with E-state index in [1.54, 1.807) is 12.1 Å². The smallest absolute Gasteiger partial charge is 0.271 e. The Morgan fingerprint density at radius 3 is 2.95 bits per heavy atom. The van der Waals surface area contributed by atoms with Gasteiger partial charge in [0.15, 0.2) is 0 Å². The highest BCUT2D eigenvalue weighted by Crippen LogP contribution is 2.21. The first-order valence-corrected chi connectivity index (χ1v) is 6.78. The Labute approximate surface area is 113 Å². The first kappa shape index (κ1) is 13.8. The van der Waals surface area contributed by atoms with Gasteiger partial charge in [-0.3, -0.25) is 10.1 Å². The third-order valence-corrected chi connectivity index (χ3v) is 3.70. The van der Waals surface area contributed by atoms with Gasteiger partial charge in [-0.1, -0.05) is 6.07 Å². The van der Waals surface area contributed by atoms with Crippen LogP contribution >= 0.6 is 0 Å². The number of hydrogen-bond acceptors (Lipinski definition) is 4.